The van der Waals surface area contributed by atoms with Crippen LogP contribution in [0.2, 0.25) is 0 Å². The van der Waals surface area contributed by atoms with Crippen molar-refractivity contribution in [2.24, 2.45) is 0 Å². The molecular weight excluding hydrogens is 270 g/mol. The molecule has 2 fully saturated rings. The number of piperazine rings is 1. The van der Waals surface area contributed by atoms with Crippen LogP contribution in [-0.2, 0) is 0 Å². The number of piperidine rings is 1. The van der Waals surface area contributed by atoms with Crippen molar-refractivity contribution in [3.05, 3.63) is 33.9 Å². The van der Waals surface area contributed by atoms with Crippen LogP contribution in [0.25, 0.3) is 0 Å². The number of nitro groups is 1. The van der Waals surface area contributed by atoms with Gasteiger partial charge in [-0.1, -0.05) is 6.42 Å². The lowest BCUT2D eigenvalue weighted by Crippen LogP contribution is -2.55. The maximum absolute atomic E-state index is 11.3. The van der Waals surface area contributed by atoms with Gasteiger partial charge in [-0.2, -0.15) is 0 Å². The number of carbonyl (C=O) groups excluding carboxylic acids is 1. The first-order chi connectivity index (χ1) is 10.2. The molecule has 2 aliphatic rings. The molecule has 112 valence electrons. The molecule has 0 spiro atoms. The van der Waals surface area contributed by atoms with E-state index in [0.29, 0.717) is 23.6 Å². The molecule has 0 bridgehead atoms. The van der Waals surface area contributed by atoms with E-state index in [2.05, 4.69) is 9.80 Å². The largest absolute Gasteiger partial charge is 0.363 e. The van der Waals surface area contributed by atoms with Gasteiger partial charge >= 0.3 is 0 Å². The minimum atomic E-state index is -0.393. The molecule has 1 aromatic rings. The summed E-state index contributed by atoms with van der Waals surface area (Å²) in [6.07, 6.45) is 4.30. The molecule has 0 radical (unpaired) electrons. The predicted molar refractivity (Wildman–Crippen MR) is 79.9 cm³/mol. The topological polar surface area (TPSA) is 66.7 Å². The van der Waals surface area contributed by atoms with Crippen molar-refractivity contribution >= 4 is 17.7 Å². The van der Waals surface area contributed by atoms with E-state index in [4.69, 9.17) is 0 Å². The number of aldehydes is 1. The van der Waals surface area contributed by atoms with E-state index in [0.717, 1.165) is 32.6 Å². The fourth-order valence-corrected chi connectivity index (χ4v) is 3.40. The van der Waals surface area contributed by atoms with E-state index >= 15 is 0 Å². The highest BCUT2D eigenvalue weighted by atomic mass is 16.6. The Hall–Kier alpha value is -1.95. The van der Waals surface area contributed by atoms with Gasteiger partial charge in [-0.15, -0.1) is 0 Å². The van der Waals surface area contributed by atoms with Crippen molar-refractivity contribution in [3.8, 4) is 0 Å². The minimum Gasteiger partial charge on any atom is -0.363 e. The average molecular weight is 289 g/mol. The molecule has 21 heavy (non-hydrogen) atoms. The van der Waals surface area contributed by atoms with E-state index in [9.17, 15) is 14.9 Å². The highest BCUT2D eigenvalue weighted by molar-refractivity contribution is 5.79. The third kappa shape index (κ3) is 2.76. The summed E-state index contributed by atoms with van der Waals surface area (Å²) in [6, 6.07) is 5.23. The molecule has 1 aromatic carbocycles. The summed E-state index contributed by atoms with van der Waals surface area (Å²) in [5.41, 5.74) is 1.02. The number of nitro benzene ring substituents is 1. The van der Waals surface area contributed by atoms with Gasteiger partial charge < -0.3 is 4.90 Å². The molecule has 3 rings (SSSR count). The van der Waals surface area contributed by atoms with Gasteiger partial charge in [0.1, 0.15) is 12.0 Å². The highest BCUT2D eigenvalue weighted by Gasteiger charge is 2.31. The summed E-state index contributed by atoms with van der Waals surface area (Å²) in [4.78, 5) is 26.3. The Morgan fingerprint density at radius 2 is 2.10 bits per heavy atom. The molecule has 2 saturated heterocycles. The Kier molecular flexibility index (Phi) is 3.88. The quantitative estimate of drug-likeness (QED) is 0.484. The molecule has 0 aliphatic carbocycles. The van der Waals surface area contributed by atoms with Crippen LogP contribution in [0.4, 0.5) is 11.4 Å². The maximum Gasteiger partial charge on any atom is 0.293 e. The first-order valence-electron chi connectivity index (χ1n) is 7.41. The van der Waals surface area contributed by atoms with E-state index < -0.39 is 4.92 Å². The van der Waals surface area contributed by atoms with E-state index in [1.807, 2.05) is 0 Å². The monoisotopic (exact) mass is 289 g/mol. The number of fused-ring (bicyclic) bond motifs is 1. The van der Waals surface area contributed by atoms with Crippen LogP contribution in [0.15, 0.2) is 18.2 Å². The summed E-state index contributed by atoms with van der Waals surface area (Å²) in [6.45, 7) is 3.74. The number of carbonyl (C=O) groups is 1. The molecular formula is C15H19N3O3. The fraction of sp³-hybridized carbons (Fsp3) is 0.533. The van der Waals surface area contributed by atoms with Crippen molar-refractivity contribution in [2.45, 2.75) is 25.3 Å². The van der Waals surface area contributed by atoms with Crippen molar-refractivity contribution in [1.82, 2.24) is 4.90 Å². The van der Waals surface area contributed by atoms with Gasteiger partial charge in [0.15, 0.2) is 0 Å². The van der Waals surface area contributed by atoms with E-state index in [-0.39, 0.29) is 5.69 Å². The van der Waals surface area contributed by atoms with Gasteiger partial charge in [0.2, 0.25) is 0 Å². The van der Waals surface area contributed by atoms with Gasteiger partial charge in [0, 0.05) is 37.3 Å². The van der Waals surface area contributed by atoms with Crippen LogP contribution in [-0.4, -0.2) is 48.3 Å². The molecule has 1 unspecified atom stereocenters. The van der Waals surface area contributed by atoms with Gasteiger partial charge in [-0.25, -0.2) is 0 Å². The smallest absolute Gasteiger partial charge is 0.293 e. The molecule has 2 aliphatic heterocycles. The van der Waals surface area contributed by atoms with Crippen LogP contribution < -0.4 is 4.90 Å². The number of hydrogen-bond donors (Lipinski definition) is 0. The SMILES string of the molecule is O=Cc1ccc(N2CCN3CCCCC3C2)c([N+](=O)[O-])c1. The van der Waals surface area contributed by atoms with Crippen molar-refractivity contribution < 1.29 is 9.72 Å². The van der Waals surface area contributed by atoms with Crippen molar-refractivity contribution in [1.29, 1.82) is 0 Å². The van der Waals surface area contributed by atoms with Crippen LogP contribution >= 0.6 is 0 Å². The van der Waals surface area contributed by atoms with Crippen LogP contribution in [0, 0.1) is 10.1 Å². The van der Waals surface area contributed by atoms with Crippen LogP contribution in [0.5, 0.6) is 0 Å². The molecule has 1 atom stereocenters. The zero-order valence-corrected chi connectivity index (χ0v) is 11.9. The van der Waals surface area contributed by atoms with Crippen molar-refractivity contribution in [2.75, 3.05) is 31.1 Å². The fourth-order valence-electron chi connectivity index (χ4n) is 3.40. The summed E-state index contributed by atoms with van der Waals surface area (Å²) in [5, 5.41) is 11.3. The molecule has 6 heteroatoms. The van der Waals surface area contributed by atoms with E-state index in [1.54, 1.807) is 12.1 Å². The lowest BCUT2D eigenvalue weighted by molar-refractivity contribution is -0.384. The zero-order chi connectivity index (χ0) is 14.8. The summed E-state index contributed by atoms with van der Waals surface area (Å²) >= 11 is 0. The van der Waals surface area contributed by atoms with Gasteiger partial charge in [-0.05, 0) is 31.5 Å². The lowest BCUT2D eigenvalue weighted by atomic mass is 9.99. The third-order valence-electron chi connectivity index (χ3n) is 4.51. The number of benzene rings is 1. The summed E-state index contributed by atoms with van der Waals surface area (Å²) in [5.74, 6) is 0. The summed E-state index contributed by atoms with van der Waals surface area (Å²) in [7, 11) is 0. The van der Waals surface area contributed by atoms with E-state index in [1.165, 1.54) is 18.9 Å². The summed E-state index contributed by atoms with van der Waals surface area (Å²) < 4.78 is 0. The first kappa shape index (κ1) is 14.0. The molecule has 0 N–H and O–H groups in total. The zero-order valence-electron chi connectivity index (χ0n) is 11.9. The standard InChI is InChI=1S/C15H19N3O3/c19-11-12-4-5-14(15(9-12)18(20)21)17-8-7-16-6-2-1-3-13(16)10-17/h4-5,9,11,13H,1-3,6-8,10H2. The number of anilines is 1. The van der Waals surface area contributed by atoms with Crippen LogP contribution in [0.3, 0.4) is 0 Å². The third-order valence-corrected chi connectivity index (χ3v) is 4.51. The molecule has 0 amide bonds. The molecule has 6 nitrogen and oxygen atoms in total. The predicted octanol–water partition coefficient (Wildman–Crippen LogP) is 2.08. The number of rotatable bonds is 3. The number of nitrogens with zero attached hydrogens (tertiary/aromatic N) is 3. The number of hydrogen-bond acceptors (Lipinski definition) is 5. The maximum atomic E-state index is 11.3. The Labute approximate surface area is 123 Å². The lowest BCUT2D eigenvalue weighted by Gasteiger charge is -2.44. The average Bonchev–Trinajstić information content (AvgIpc) is 2.53. The minimum absolute atomic E-state index is 0.0314. The first-order valence-corrected chi connectivity index (χ1v) is 7.41. The molecule has 0 saturated carbocycles. The molecule has 2 heterocycles. The van der Waals surface area contributed by atoms with Gasteiger partial charge in [-0.3, -0.25) is 19.8 Å². The second-order valence-electron chi connectivity index (χ2n) is 5.75. The van der Waals surface area contributed by atoms with Gasteiger partial charge in [0.25, 0.3) is 5.69 Å². The Morgan fingerprint density at radius 1 is 1.24 bits per heavy atom. The second kappa shape index (κ2) is 5.81. The van der Waals surface area contributed by atoms with Crippen molar-refractivity contribution in [3.63, 3.8) is 0 Å². The normalized spacial score (nSPS) is 22.7. The Balaban J connectivity index is 1.86. The van der Waals surface area contributed by atoms with Gasteiger partial charge in [0.05, 0.1) is 4.92 Å². The Bertz CT molecular complexity index is 561. The highest BCUT2D eigenvalue weighted by Crippen LogP contribution is 2.32. The van der Waals surface area contributed by atoms with Crippen LogP contribution in [0.1, 0.15) is 29.6 Å². The molecule has 0 aromatic heterocycles. The Morgan fingerprint density at radius 3 is 2.86 bits per heavy atom. The second-order valence-corrected chi connectivity index (χ2v) is 5.75.